The van der Waals surface area contributed by atoms with Crippen LogP contribution in [0.25, 0.3) is 50.1 Å². The maximum absolute atomic E-state index is 13.7. The van der Waals surface area contributed by atoms with Gasteiger partial charge in [0.1, 0.15) is 17.4 Å². The van der Waals surface area contributed by atoms with Gasteiger partial charge in [0, 0.05) is 287 Å². The van der Waals surface area contributed by atoms with E-state index in [-0.39, 0.29) is 72.2 Å². The van der Waals surface area contributed by atoms with Crippen LogP contribution in [-0.2, 0) is 36.2 Å². The molecule has 3 atom stereocenters. The zero-order chi connectivity index (χ0) is 92.1. The quantitative estimate of drug-likeness (QED) is 0.0332. The van der Waals surface area contributed by atoms with Crippen LogP contribution in [0, 0.1) is 55.4 Å². The second-order valence-electron chi connectivity index (χ2n) is 35.0. The number of nitrogens with one attached hydrogen (secondary N) is 7. The predicted molar refractivity (Wildman–Crippen MR) is 499 cm³/mol. The maximum Gasteiger partial charge on any atom is 0.401 e. The summed E-state index contributed by atoms with van der Waals surface area (Å²) in [6.07, 6.45) is 7.70. The van der Waals surface area contributed by atoms with Crippen LogP contribution in [0.2, 0.25) is 0 Å². The number of morpholine rings is 2. The van der Waals surface area contributed by atoms with E-state index < -0.39 is 12.7 Å². The van der Waals surface area contributed by atoms with E-state index in [9.17, 15) is 41.9 Å². The topological polar surface area (TPSA) is 305 Å². The van der Waals surface area contributed by atoms with Gasteiger partial charge in [0.2, 0.25) is 0 Å². The Kier molecular flexibility index (Phi) is 28.6. The molecule has 0 aromatic carbocycles. The van der Waals surface area contributed by atoms with Crippen molar-refractivity contribution in [3.05, 3.63) is 249 Å². The maximum atomic E-state index is 13.7. The Balaban J connectivity index is 0.000000150. The number of methoxy groups -OCH3 is 1. The van der Waals surface area contributed by atoms with Crippen molar-refractivity contribution in [2.45, 2.75) is 120 Å². The van der Waals surface area contributed by atoms with Crippen molar-refractivity contribution in [2.24, 2.45) is 7.05 Å². The molecule has 0 bridgehead atoms. The van der Waals surface area contributed by atoms with Crippen molar-refractivity contribution in [3.8, 4) is 39.3 Å². The highest BCUT2D eigenvalue weighted by Gasteiger charge is 2.36. The normalized spacial score (nSPS) is 16.6. The molecule has 130 heavy (non-hydrogen) atoms. The average molecular weight is 1780 g/mol. The van der Waals surface area contributed by atoms with E-state index in [1.807, 2.05) is 123 Å². The van der Waals surface area contributed by atoms with Crippen molar-refractivity contribution < 1.29 is 41.8 Å². The van der Waals surface area contributed by atoms with Gasteiger partial charge in [-0.1, -0.05) is 0 Å². The number of ether oxygens (including phenoxy) is 3. The molecule has 3 unspecified atom stereocenters. The number of halogens is 3. The van der Waals surface area contributed by atoms with Crippen molar-refractivity contribution in [1.29, 1.82) is 0 Å². The van der Waals surface area contributed by atoms with Crippen LogP contribution in [-0.4, -0.2) is 248 Å². The fourth-order valence-electron chi connectivity index (χ4n) is 18.9. The number of anilines is 2. The molecule has 3 amide bonds. The van der Waals surface area contributed by atoms with Gasteiger partial charge in [0.15, 0.2) is 0 Å². The Bertz CT molecular complexity index is 6290. The Morgan fingerprint density at radius 3 is 1.25 bits per heavy atom. The Morgan fingerprint density at radius 2 is 0.862 bits per heavy atom. The SMILES string of the molecule is COc1cc(C)[nH]c(=O)c1CNC(=O)c1cc2cc(-c3ccnn3C)cn2c(C(C)N2CCN(CC(F)(F)F)CC2)c1C.Cc1cc(C)c(CNC(=O)c2cc3cc(-c4ccc(N5CCN(C)CC5)nc4)cn3c(C(C)N3CCOCC3)c2C)c(=O)[nH]1.Cc1cc(C)c(CNC(=O)c2cc3cc(-c4ccc(N5CCNCC5)nc4)cn3c(C(C)N3CCOCC3)c2C)c(=O)[nH]1. The van der Waals surface area contributed by atoms with E-state index in [1.165, 1.54) is 12.0 Å². The average Bonchev–Trinajstić information content (AvgIpc) is 1.58. The van der Waals surface area contributed by atoms with E-state index in [4.69, 9.17) is 24.2 Å². The molecule has 5 aliphatic rings. The largest absolute Gasteiger partial charge is 0.496 e. The number of hydrogen-bond donors (Lipinski definition) is 7. The molecule has 0 saturated carbocycles. The van der Waals surface area contributed by atoms with Gasteiger partial charge < -0.3 is 78.3 Å². The molecule has 5 fully saturated rings. The lowest BCUT2D eigenvalue weighted by Crippen LogP contribution is -2.49. The number of likely N-dealkylation sites (N-methyl/N-ethyl adjacent to an activating group) is 1. The number of amides is 3. The minimum absolute atomic E-state index is 0.0322. The first-order chi connectivity index (χ1) is 62.3. The molecule has 17 heterocycles. The summed E-state index contributed by atoms with van der Waals surface area (Å²) in [6, 6.07) is 27.9. The summed E-state index contributed by atoms with van der Waals surface area (Å²) in [4.78, 5) is 112. The zero-order valence-corrected chi connectivity index (χ0v) is 76.8. The summed E-state index contributed by atoms with van der Waals surface area (Å²) in [5, 5.41) is 16.6. The summed E-state index contributed by atoms with van der Waals surface area (Å²) in [5.41, 5.74) is 20.7. The van der Waals surface area contributed by atoms with Gasteiger partial charge in [-0.05, 0) is 196 Å². The van der Waals surface area contributed by atoms with Crippen LogP contribution in [0.5, 0.6) is 5.75 Å². The molecule has 12 aromatic rings. The van der Waals surface area contributed by atoms with Gasteiger partial charge in [0.25, 0.3) is 34.4 Å². The second-order valence-corrected chi connectivity index (χ2v) is 35.0. The fourth-order valence-corrected chi connectivity index (χ4v) is 18.9. The van der Waals surface area contributed by atoms with E-state index in [2.05, 4.69) is 154 Å². The molecule has 0 spiro atoms. The minimum Gasteiger partial charge on any atom is -0.496 e. The minimum atomic E-state index is -4.24. The Labute approximate surface area is 754 Å². The fraction of sp³-hybridized carbons (Fsp3) is 0.433. The Hall–Kier alpha value is -12.1. The third-order valence-corrected chi connectivity index (χ3v) is 26.3. The summed E-state index contributed by atoms with van der Waals surface area (Å²) >= 11 is 0. The Morgan fingerprint density at radius 1 is 0.469 bits per heavy atom. The first kappa shape index (κ1) is 92.6. The van der Waals surface area contributed by atoms with E-state index in [0.717, 1.165) is 197 Å². The van der Waals surface area contributed by atoms with Gasteiger partial charge in [-0.25, -0.2) is 9.97 Å². The van der Waals surface area contributed by atoms with Crippen molar-refractivity contribution >= 4 is 45.9 Å². The number of aryl methyl sites for hydroxylation is 6. The lowest BCUT2D eigenvalue weighted by atomic mass is 10.0. The van der Waals surface area contributed by atoms with Gasteiger partial charge >= 0.3 is 6.18 Å². The van der Waals surface area contributed by atoms with Crippen LogP contribution < -0.4 is 52.5 Å². The van der Waals surface area contributed by atoms with Gasteiger partial charge in [-0.3, -0.25) is 53.0 Å². The number of aromatic nitrogens is 10. The molecule has 30 nitrogen and oxygen atoms in total. The third kappa shape index (κ3) is 20.7. The molecule has 5 aliphatic heterocycles. The number of alkyl halides is 3. The number of nitrogens with zero attached hydrogens (tertiary/aromatic N) is 14. The zero-order valence-electron chi connectivity index (χ0n) is 76.8. The number of fused-ring (bicyclic) bond motifs is 3. The van der Waals surface area contributed by atoms with Crippen molar-refractivity contribution in [1.82, 2.24) is 93.7 Å². The monoisotopic (exact) mass is 1780 g/mol. The predicted octanol–water partition coefficient (Wildman–Crippen LogP) is 10.9. The van der Waals surface area contributed by atoms with E-state index >= 15 is 0 Å². The van der Waals surface area contributed by atoms with Gasteiger partial charge in [-0.15, -0.1) is 0 Å². The first-order valence-electron chi connectivity index (χ1n) is 44.8. The van der Waals surface area contributed by atoms with Crippen LogP contribution in [0.4, 0.5) is 24.8 Å². The molecule has 0 radical (unpaired) electrons. The molecule has 0 aliphatic carbocycles. The number of rotatable bonds is 22. The summed E-state index contributed by atoms with van der Waals surface area (Å²) in [6.45, 7) is 36.5. The van der Waals surface area contributed by atoms with Crippen LogP contribution in [0.3, 0.4) is 0 Å². The number of pyridine rings is 8. The third-order valence-electron chi connectivity index (χ3n) is 26.3. The molecular formula is C97H120F3N21O9. The van der Waals surface area contributed by atoms with Gasteiger partial charge in [-0.2, -0.15) is 18.3 Å². The van der Waals surface area contributed by atoms with Crippen LogP contribution in [0.15, 0.2) is 136 Å². The highest BCUT2D eigenvalue weighted by molar-refractivity contribution is 5.99. The summed E-state index contributed by atoms with van der Waals surface area (Å²) < 4.78 is 63.8. The standard InChI is InChI=1S/C34H43N7O3.C33H41N7O3.C30H36F3N7O3/c1-22-16-23(2)37-34(43)30(22)20-36-33(42)29-18-28-17-27(26-6-7-31(35-19-26)40-10-8-38(5)9-11-40)21-41(28)32(24(29)3)25(4)39-12-14-44-15-13-39;1-21-15-22(2)37-33(42)29(21)19-36-32(41)28-17-27-16-26(25-5-6-30(35-18-25)39-9-7-34-8-10-39)20-40(27)31(23(28)3)24(4)38-11-13-43-14-12-38;1-18-12-26(43-5)24(29(42)36-18)15-34-28(41)23-14-22-13-21(25-6-7-35-37(25)4)16-40(22)27(19(23)2)20(3)39-10-8-38(9-11-39)17-30(31,32)33/h6-7,16-19,21,25H,8-15,20H2,1-5H3,(H,36,42)(H,37,43);5-6,15-18,20,24,34H,7-14,19H2,1-4H3,(H,36,41)(H,37,42);6-7,12-14,16,20H,8-11,15,17H2,1-5H3,(H,34,41)(H,36,42). The molecule has 688 valence electrons. The molecule has 5 saturated heterocycles. The molecule has 17 rings (SSSR count). The molecule has 7 N–H and O–H groups in total. The number of piperazine rings is 3. The molecule has 12 aromatic heterocycles. The number of H-pyrrole nitrogens is 3. The number of carbonyl (C=O) groups excluding carboxylic acids is 3. The van der Waals surface area contributed by atoms with E-state index in [0.29, 0.717) is 97.4 Å². The van der Waals surface area contributed by atoms with Gasteiger partial charge in [0.05, 0.1) is 57.9 Å². The lowest BCUT2D eigenvalue weighted by molar-refractivity contribution is -0.149. The highest BCUT2D eigenvalue weighted by Crippen LogP contribution is 2.38. The molecule has 33 heteroatoms. The number of aromatic amines is 3. The summed E-state index contributed by atoms with van der Waals surface area (Å²) in [5.74, 6) is 1.65. The second kappa shape index (κ2) is 40.1. The van der Waals surface area contributed by atoms with Crippen molar-refractivity contribution in [3.63, 3.8) is 0 Å². The van der Waals surface area contributed by atoms with E-state index in [1.54, 1.807) is 23.9 Å². The number of hydrogen-bond acceptors (Lipinski definition) is 20. The van der Waals surface area contributed by atoms with Crippen molar-refractivity contribution in [2.75, 3.05) is 162 Å². The first-order valence-corrected chi connectivity index (χ1v) is 44.8. The van der Waals surface area contributed by atoms with Crippen LogP contribution >= 0.6 is 0 Å². The van der Waals surface area contributed by atoms with Crippen LogP contribution in [0.1, 0.15) is 149 Å². The smallest absolute Gasteiger partial charge is 0.401 e. The highest BCUT2D eigenvalue weighted by atomic mass is 19.4. The summed E-state index contributed by atoms with van der Waals surface area (Å²) in [7, 11) is 5.48. The molecular weight excluding hydrogens is 1660 g/mol. The lowest BCUT2D eigenvalue weighted by Gasteiger charge is -2.39. The number of carbonyl (C=O) groups is 3.